The van der Waals surface area contributed by atoms with Crippen LogP contribution in [0.2, 0.25) is 0 Å². The van der Waals surface area contributed by atoms with Gasteiger partial charge in [0.15, 0.2) is 0 Å². The van der Waals surface area contributed by atoms with Crippen molar-refractivity contribution in [3.8, 4) is 0 Å². The van der Waals surface area contributed by atoms with Crippen molar-refractivity contribution in [2.45, 2.75) is 46.5 Å². The number of fused-ring (bicyclic) bond motifs is 1. The summed E-state index contributed by atoms with van der Waals surface area (Å²) < 4.78 is 2.82. The van der Waals surface area contributed by atoms with Crippen LogP contribution >= 0.6 is 15.9 Å². The Bertz CT molecular complexity index is 648. The topological polar surface area (TPSA) is 46.4 Å². The number of hydrogen-bond donors (Lipinski definition) is 1. The molecule has 0 aliphatic carbocycles. The molecule has 1 amide bonds. The Morgan fingerprint density at radius 2 is 2.10 bits per heavy atom. The SMILES string of the molecule is CCCCCCNC(=O)c1c(C)nc2c(C)cc(Br)cn12. The van der Waals surface area contributed by atoms with Gasteiger partial charge in [0.2, 0.25) is 0 Å². The standard InChI is InChI=1S/C16H22BrN3O/c1-4-5-6-7-8-18-16(21)14-12(3)19-15-11(2)9-13(17)10-20(14)15/h9-10H,4-8H2,1-3H3,(H,18,21). The Kier molecular flexibility index (Phi) is 5.39. The molecule has 114 valence electrons. The number of carbonyl (C=O) groups is 1. The van der Waals surface area contributed by atoms with Gasteiger partial charge >= 0.3 is 0 Å². The predicted octanol–water partition coefficient (Wildman–Crippen LogP) is 4.02. The van der Waals surface area contributed by atoms with E-state index in [0.717, 1.165) is 40.8 Å². The first-order valence-corrected chi connectivity index (χ1v) is 8.27. The van der Waals surface area contributed by atoms with E-state index in [9.17, 15) is 4.79 Å². The number of hydrogen-bond acceptors (Lipinski definition) is 2. The van der Waals surface area contributed by atoms with Crippen molar-refractivity contribution in [2.24, 2.45) is 0 Å². The molecule has 2 rings (SSSR count). The molecule has 2 heterocycles. The largest absolute Gasteiger partial charge is 0.351 e. The van der Waals surface area contributed by atoms with Gasteiger partial charge in [0, 0.05) is 17.2 Å². The molecule has 2 aromatic rings. The van der Waals surface area contributed by atoms with E-state index in [1.807, 2.05) is 30.5 Å². The number of carbonyl (C=O) groups excluding carboxylic acids is 1. The number of unbranched alkanes of at least 4 members (excludes halogenated alkanes) is 3. The molecule has 4 nitrogen and oxygen atoms in total. The summed E-state index contributed by atoms with van der Waals surface area (Å²) in [5, 5.41) is 3.00. The van der Waals surface area contributed by atoms with Crippen molar-refractivity contribution in [2.75, 3.05) is 6.54 Å². The first-order chi connectivity index (χ1) is 10.0. The average molecular weight is 352 g/mol. The van der Waals surface area contributed by atoms with Crippen LogP contribution in [-0.4, -0.2) is 21.8 Å². The molecule has 0 atom stereocenters. The van der Waals surface area contributed by atoms with E-state index < -0.39 is 0 Å². The van der Waals surface area contributed by atoms with E-state index in [1.54, 1.807) is 0 Å². The zero-order valence-electron chi connectivity index (χ0n) is 12.9. The van der Waals surface area contributed by atoms with Crippen molar-refractivity contribution < 1.29 is 4.79 Å². The van der Waals surface area contributed by atoms with Gasteiger partial charge in [-0.1, -0.05) is 26.2 Å². The van der Waals surface area contributed by atoms with E-state index in [0.29, 0.717) is 5.69 Å². The molecule has 0 spiro atoms. The molecule has 5 heteroatoms. The van der Waals surface area contributed by atoms with Crippen molar-refractivity contribution in [1.29, 1.82) is 0 Å². The van der Waals surface area contributed by atoms with Crippen molar-refractivity contribution in [3.05, 3.63) is 33.7 Å². The molecule has 0 aliphatic rings. The maximum Gasteiger partial charge on any atom is 0.270 e. The van der Waals surface area contributed by atoms with Crippen LogP contribution in [0.25, 0.3) is 5.65 Å². The second-order valence-electron chi connectivity index (χ2n) is 5.40. The Morgan fingerprint density at radius 3 is 2.81 bits per heavy atom. The van der Waals surface area contributed by atoms with E-state index in [1.165, 1.54) is 12.8 Å². The van der Waals surface area contributed by atoms with Crippen LogP contribution in [0.4, 0.5) is 0 Å². The fourth-order valence-corrected chi connectivity index (χ4v) is 3.04. The molecular weight excluding hydrogens is 330 g/mol. The van der Waals surface area contributed by atoms with E-state index in [-0.39, 0.29) is 5.91 Å². The number of aromatic nitrogens is 2. The summed E-state index contributed by atoms with van der Waals surface area (Å²) in [4.78, 5) is 16.9. The second-order valence-corrected chi connectivity index (χ2v) is 6.31. The van der Waals surface area contributed by atoms with E-state index >= 15 is 0 Å². The highest BCUT2D eigenvalue weighted by molar-refractivity contribution is 9.10. The minimum absolute atomic E-state index is 0.0472. The van der Waals surface area contributed by atoms with E-state index in [4.69, 9.17) is 0 Å². The van der Waals surface area contributed by atoms with Crippen LogP contribution in [-0.2, 0) is 0 Å². The van der Waals surface area contributed by atoms with Crippen LogP contribution < -0.4 is 5.32 Å². The van der Waals surface area contributed by atoms with Crippen LogP contribution in [0.15, 0.2) is 16.7 Å². The van der Waals surface area contributed by atoms with Crippen LogP contribution in [0.1, 0.15) is 54.4 Å². The minimum Gasteiger partial charge on any atom is -0.351 e. The lowest BCUT2D eigenvalue weighted by molar-refractivity contribution is 0.0946. The minimum atomic E-state index is -0.0472. The highest BCUT2D eigenvalue weighted by atomic mass is 79.9. The van der Waals surface area contributed by atoms with Gasteiger partial charge in [0.25, 0.3) is 5.91 Å². The third-order valence-electron chi connectivity index (χ3n) is 3.58. The molecule has 1 N–H and O–H groups in total. The first-order valence-electron chi connectivity index (χ1n) is 7.47. The van der Waals surface area contributed by atoms with E-state index in [2.05, 4.69) is 33.2 Å². The average Bonchev–Trinajstić information content (AvgIpc) is 2.75. The number of rotatable bonds is 6. The lowest BCUT2D eigenvalue weighted by Crippen LogP contribution is -2.26. The number of nitrogens with one attached hydrogen (secondary N) is 1. The van der Waals surface area contributed by atoms with Gasteiger partial charge in [-0.2, -0.15) is 0 Å². The number of imidazole rings is 1. The summed E-state index contributed by atoms with van der Waals surface area (Å²) >= 11 is 3.48. The molecule has 0 fully saturated rings. The lowest BCUT2D eigenvalue weighted by Gasteiger charge is -2.07. The number of amides is 1. The Labute approximate surface area is 134 Å². The monoisotopic (exact) mass is 351 g/mol. The van der Waals surface area contributed by atoms with Crippen LogP contribution in [0.3, 0.4) is 0 Å². The third kappa shape index (κ3) is 3.64. The molecule has 0 aliphatic heterocycles. The second kappa shape index (κ2) is 7.07. The molecule has 0 unspecified atom stereocenters. The maximum atomic E-state index is 12.4. The Balaban J connectivity index is 2.17. The molecule has 0 saturated carbocycles. The van der Waals surface area contributed by atoms with Gasteiger partial charge in [0.05, 0.1) is 5.69 Å². The fourth-order valence-electron chi connectivity index (χ4n) is 2.49. The van der Waals surface area contributed by atoms with Gasteiger partial charge in [-0.25, -0.2) is 4.98 Å². The molecule has 0 saturated heterocycles. The van der Waals surface area contributed by atoms with Gasteiger partial charge < -0.3 is 5.32 Å². The van der Waals surface area contributed by atoms with Gasteiger partial charge in [-0.15, -0.1) is 0 Å². The number of nitrogens with zero attached hydrogens (tertiary/aromatic N) is 2. The first kappa shape index (κ1) is 16.0. The zero-order chi connectivity index (χ0) is 15.4. The van der Waals surface area contributed by atoms with Crippen molar-refractivity contribution in [1.82, 2.24) is 14.7 Å². The maximum absolute atomic E-state index is 12.4. The highest BCUT2D eigenvalue weighted by Gasteiger charge is 2.17. The summed E-state index contributed by atoms with van der Waals surface area (Å²) in [6.07, 6.45) is 6.50. The normalized spacial score (nSPS) is 11.0. The molecule has 0 bridgehead atoms. The Morgan fingerprint density at radius 1 is 1.33 bits per heavy atom. The quantitative estimate of drug-likeness (QED) is 0.798. The van der Waals surface area contributed by atoms with Crippen LogP contribution in [0.5, 0.6) is 0 Å². The third-order valence-corrected chi connectivity index (χ3v) is 4.01. The molecule has 21 heavy (non-hydrogen) atoms. The number of aryl methyl sites for hydroxylation is 2. The summed E-state index contributed by atoms with van der Waals surface area (Å²) in [7, 11) is 0. The number of halogens is 1. The molecule has 2 aromatic heterocycles. The zero-order valence-corrected chi connectivity index (χ0v) is 14.5. The molecule has 0 aromatic carbocycles. The summed E-state index contributed by atoms with van der Waals surface area (Å²) in [5.74, 6) is -0.0472. The molecule has 0 radical (unpaired) electrons. The summed E-state index contributed by atoms with van der Waals surface area (Å²) in [6, 6.07) is 2.01. The smallest absolute Gasteiger partial charge is 0.270 e. The summed E-state index contributed by atoms with van der Waals surface area (Å²) in [5.41, 5.74) is 3.29. The Hall–Kier alpha value is -1.36. The van der Waals surface area contributed by atoms with Gasteiger partial charge in [-0.05, 0) is 47.8 Å². The number of pyridine rings is 1. The van der Waals surface area contributed by atoms with Crippen molar-refractivity contribution >= 4 is 27.5 Å². The fraction of sp³-hybridized carbons (Fsp3) is 0.500. The van der Waals surface area contributed by atoms with Crippen molar-refractivity contribution in [3.63, 3.8) is 0 Å². The highest BCUT2D eigenvalue weighted by Crippen LogP contribution is 2.20. The summed E-state index contributed by atoms with van der Waals surface area (Å²) in [6.45, 7) is 6.78. The predicted molar refractivity (Wildman–Crippen MR) is 88.8 cm³/mol. The van der Waals surface area contributed by atoms with Gasteiger partial charge in [-0.3, -0.25) is 9.20 Å². The van der Waals surface area contributed by atoms with Crippen LogP contribution in [0, 0.1) is 13.8 Å². The van der Waals surface area contributed by atoms with Gasteiger partial charge in [0.1, 0.15) is 11.3 Å². The molecular formula is C16H22BrN3O. The lowest BCUT2D eigenvalue weighted by atomic mass is 10.2.